The molecular weight excluding hydrogens is 386 g/mol. The van der Waals surface area contributed by atoms with Gasteiger partial charge in [-0.05, 0) is 44.6 Å². The van der Waals surface area contributed by atoms with Gasteiger partial charge in [-0.3, -0.25) is 4.40 Å². The van der Waals surface area contributed by atoms with E-state index in [-0.39, 0.29) is 23.7 Å². The smallest absolute Gasteiger partial charge is 0.407 e. The highest BCUT2D eigenvalue weighted by Gasteiger charge is 2.42. The van der Waals surface area contributed by atoms with Crippen molar-refractivity contribution in [2.75, 3.05) is 6.54 Å². The van der Waals surface area contributed by atoms with Crippen LogP contribution in [0.3, 0.4) is 0 Å². The number of piperidine rings is 1. The minimum Gasteiger partial charge on any atom is -0.494 e. The summed E-state index contributed by atoms with van der Waals surface area (Å²) in [6.07, 6.45) is 4.15. The monoisotopic (exact) mass is 407 g/mol. The Balaban J connectivity index is 1.47. The maximum Gasteiger partial charge on any atom is 0.407 e. The summed E-state index contributed by atoms with van der Waals surface area (Å²) in [7, 11) is 0. The number of aromatic nitrogens is 5. The zero-order valence-corrected chi connectivity index (χ0v) is 16.4. The molecule has 2 atom stereocenters. The molecular formula is C20H21N7O3. The number of hydrogen-bond donors (Lipinski definition) is 2. The lowest BCUT2D eigenvalue weighted by molar-refractivity contribution is 0.0798. The highest BCUT2D eigenvalue weighted by atomic mass is 16.4. The predicted molar refractivity (Wildman–Crippen MR) is 105 cm³/mol. The van der Waals surface area contributed by atoms with Crippen molar-refractivity contribution < 1.29 is 15.0 Å². The Morgan fingerprint density at radius 1 is 1.30 bits per heavy atom. The molecule has 10 nitrogen and oxygen atoms in total. The molecule has 0 radical (unpaired) electrons. The Morgan fingerprint density at radius 3 is 2.80 bits per heavy atom. The zero-order chi connectivity index (χ0) is 21.0. The number of amides is 1. The van der Waals surface area contributed by atoms with Crippen LogP contribution in [0.5, 0.6) is 5.88 Å². The van der Waals surface area contributed by atoms with E-state index < -0.39 is 6.09 Å². The van der Waals surface area contributed by atoms with Crippen LogP contribution >= 0.6 is 0 Å². The molecule has 0 bridgehead atoms. The number of nitrogens with zero attached hydrogens (tertiary/aromatic N) is 7. The maximum absolute atomic E-state index is 11.6. The second-order valence-corrected chi connectivity index (χ2v) is 8.08. The fourth-order valence-corrected chi connectivity index (χ4v) is 4.63. The van der Waals surface area contributed by atoms with Crippen LogP contribution in [0.2, 0.25) is 0 Å². The van der Waals surface area contributed by atoms with E-state index in [0.717, 1.165) is 25.0 Å². The third-order valence-corrected chi connectivity index (χ3v) is 6.28. The number of hydrogen-bond acceptors (Lipinski definition) is 6. The van der Waals surface area contributed by atoms with Gasteiger partial charge in [-0.1, -0.05) is 5.21 Å². The molecule has 1 amide bonds. The molecule has 5 rings (SSSR count). The number of likely N-dealkylation sites (tertiary alicyclic amines) is 1. The van der Waals surface area contributed by atoms with Gasteiger partial charge < -0.3 is 15.1 Å². The van der Waals surface area contributed by atoms with Crippen LogP contribution in [0.25, 0.3) is 16.9 Å². The Hall–Kier alpha value is -3.61. The normalized spacial score (nSPS) is 21.7. The molecule has 0 spiro atoms. The second-order valence-electron chi connectivity index (χ2n) is 8.08. The first-order valence-electron chi connectivity index (χ1n) is 10.00. The Morgan fingerprint density at radius 2 is 2.10 bits per heavy atom. The van der Waals surface area contributed by atoms with E-state index in [1.165, 1.54) is 10.6 Å². The predicted octanol–water partition coefficient (Wildman–Crippen LogP) is 2.57. The van der Waals surface area contributed by atoms with Crippen molar-refractivity contribution in [3.8, 4) is 23.2 Å². The van der Waals surface area contributed by atoms with Crippen molar-refractivity contribution in [2.24, 2.45) is 5.92 Å². The molecule has 1 aliphatic carbocycles. The van der Waals surface area contributed by atoms with Crippen LogP contribution in [-0.2, 0) is 0 Å². The summed E-state index contributed by atoms with van der Waals surface area (Å²) < 4.78 is 3.27. The lowest BCUT2D eigenvalue weighted by Crippen LogP contribution is -2.47. The van der Waals surface area contributed by atoms with E-state index in [1.54, 1.807) is 17.0 Å². The third-order valence-electron chi connectivity index (χ3n) is 6.28. The molecule has 2 fully saturated rings. The van der Waals surface area contributed by atoms with Gasteiger partial charge in [0.2, 0.25) is 0 Å². The molecule has 1 saturated carbocycles. The Kier molecular flexibility index (Phi) is 4.13. The van der Waals surface area contributed by atoms with Crippen LogP contribution in [0.4, 0.5) is 4.79 Å². The van der Waals surface area contributed by atoms with E-state index in [0.29, 0.717) is 35.8 Å². The first-order valence-corrected chi connectivity index (χ1v) is 10.00. The van der Waals surface area contributed by atoms with Gasteiger partial charge in [0, 0.05) is 24.2 Å². The largest absolute Gasteiger partial charge is 0.494 e. The number of carboxylic acid groups (broad SMARTS) is 1. The molecule has 4 heterocycles. The second kappa shape index (κ2) is 6.73. The van der Waals surface area contributed by atoms with Crippen molar-refractivity contribution in [1.82, 2.24) is 29.3 Å². The van der Waals surface area contributed by atoms with Gasteiger partial charge in [0.05, 0.1) is 17.9 Å². The molecule has 3 aromatic heterocycles. The van der Waals surface area contributed by atoms with Crippen molar-refractivity contribution in [1.29, 1.82) is 5.26 Å². The summed E-state index contributed by atoms with van der Waals surface area (Å²) >= 11 is 0. The zero-order valence-electron chi connectivity index (χ0n) is 16.4. The summed E-state index contributed by atoms with van der Waals surface area (Å²) in [6, 6.07) is 5.43. The number of fused-ring (bicyclic) bond motifs is 1. The van der Waals surface area contributed by atoms with Crippen LogP contribution in [0, 0.1) is 24.2 Å². The fourth-order valence-electron chi connectivity index (χ4n) is 4.63. The molecule has 1 saturated heterocycles. The number of imidazole rings is 1. The van der Waals surface area contributed by atoms with Crippen LogP contribution < -0.4 is 0 Å². The minimum absolute atomic E-state index is 0.0306. The number of rotatable bonds is 3. The molecule has 1 unspecified atom stereocenters. The minimum atomic E-state index is -0.846. The summed E-state index contributed by atoms with van der Waals surface area (Å²) in [4.78, 5) is 17.4. The molecule has 2 aliphatic rings. The average molecular weight is 407 g/mol. The standard InChI is InChI=1S/C20H21N7O3/c1-11-19(13-6-17-22-10-15(9-21)26(17)18(28)7-13)23-24-27(11)14-4-5-25(20(29)30)16(8-14)12-2-3-12/h6-7,10,12,14,16,28H,2-5,8H2,1H3,(H,29,30)/t14?,16-/m0/s1. The van der Waals surface area contributed by atoms with Crippen molar-refractivity contribution >= 4 is 11.7 Å². The number of nitriles is 1. The quantitative estimate of drug-likeness (QED) is 0.682. The van der Waals surface area contributed by atoms with Crippen LogP contribution in [0.15, 0.2) is 18.3 Å². The van der Waals surface area contributed by atoms with E-state index in [1.807, 2.05) is 17.7 Å². The third kappa shape index (κ3) is 2.85. The van der Waals surface area contributed by atoms with Gasteiger partial charge in [-0.2, -0.15) is 5.26 Å². The fraction of sp³-hybridized carbons (Fsp3) is 0.450. The van der Waals surface area contributed by atoms with Gasteiger partial charge >= 0.3 is 6.09 Å². The Labute approximate surface area is 172 Å². The van der Waals surface area contributed by atoms with Crippen LogP contribution in [0.1, 0.15) is 43.1 Å². The lowest BCUT2D eigenvalue weighted by atomic mass is 9.94. The van der Waals surface area contributed by atoms with Crippen molar-refractivity contribution in [2.45, 2.75) is 44.7 Å². The van der Waals surface area contributed by atoms with E-state index in [2.05, 4.69) is 15.3 Å². The van der Waals surface area contributed by atoms with Crippen molar-refractivity contribution in [3.05, 3.63) is 29.7 Å². The molecule has 10 heteroatoms. The van der Waals surface area contributed by atoms with E-state index in [9.17, 15) is 15.0 Å². The first kappa shape index (κ1) is 18.4. The van der Waals surface area contributed by atoms with Gasteiger partial charge in [0.25, 0.3) is 0 Å². The van der Waals surface area contributed by atoms with Crippen molar-refractivity contribution in [3.63, 3.8) is 0 Å². The number of aromatic hydroxyl groups is 1. The summed E-state index contributed by atoms with van der Waals surface area (Å²) in [5, 5.41) is 37.8. The maximum atomic E-state index is 11.6. The molecule has 1 aliphatic heterocycles. The average Bonchev–Trinajstić information content (AvgIpc) is 3.38. The molecule has 0 aromatic carbocycles. The SMILES string of the molecule is Cc1c(-c2cc(O)n3c(C#N)cnc3c2)nnn1C1CCN(C(=O)O)[C@H](C2CC2)C1. The Bertz CT molecular complexity index is 1190. The summed E-state index contributed by atoms with van der Waals surface area (Å²) in [5.41, 5.74) is 2.87. The summed E-state index contributed by atoms with van der Waals surface area (Å²) in [6.45, 7) is 2.42. The molecule has 30 heavy (non-hydrogen) atoms. The molecule has 2 N–H and O–H groups in total. The molecule has 3 aromatic rings. The topological polar surface area (TPSA) is 133 Å². The van der Waals surface area contributed by atoms with Gasteiger partial charge in [0.15, 0.2) is 5.88 Å². The number of carbonyl (C=O) groups is 1. The summed E-state index contributed by atoms with van der Waals surface area (Å²) in [5.74, 6) is 0.357. The highest BCUT2D eigenvalue weighted by Crippen LogP contribution is 2.42. The lowest BCUT2D eigenvalue weighted by Gasteiger charge is -2.38. The van der Waals surface area contributed by atoms with E-state index >= 15 is 0 Å². The molecule has 154 valence electrons. The van der Waals surface area contributed by atoms with Gasteiger partial charge in [-0.15, -0.1) is 5.10 Å². The highest BCUT2D eigenvalue weighted by molar-refractivity contribution is 5.68. The van der Waals surface area contributed by atoms with E-state index in [4.69, 9.17) is 5.26 Å². The van der Waals surface area contributed by atoms with Gasteiger partial charge in [0.1, 0.15) is 23.1 Å². The number of pyridine rings is 1. The van der Waals surface area contributed by atoms with Crippen LogP contribution in [-0.4, -0.2) is 58.2 Å². The first-order chi connectivity index (χ1) is 14.5. The van der Waals surface area contributed by atoms with Gasteiger partial charge in [-0.25, -0.2) is 14.5 Å².